The number of benzene rings is 1. The van der Waals surface area contributed by atoms with Crippen molar-refractivity contribution in [2.24, 2.45) is 0 Å². The second kappa shape index (κ2) is 8.13. The van der Waals surface area contributed by atoms with Crippen molar-refractivity contribution in [1.29, 1.82) is 0 Å². The number of hydrogen-bond acceptors (Lipinski definition) is 5. The Balaban J connectivity index is 1.37. The van der Waals surface area contributed by atoms with E-state index in [4.69, 9.17) is 4.74 Å². The van der Waals surface area contributed by atoms with Gasteiger partial charge in [-0.15, -0.1) is 0 Å². The molecule has 3 heterocycles. The molecular weight excluding hydrogens is 354 g/mol. The molecule has 0 aliphatic carbocycles. The first kappa shape index (κ1) is 17.4. The minimum absolute atomic E-state index is 0.212. The number of ether oxygens (including phenoxy) is 1. The first-order chi connectivity index (χ1) is 13.8. The summed E-state index contributed by atoms with van der Waals surface area (Å²) >= 11 is 0. The molecule has 0 bridgehead atoms. The molecule has 28 heavy (non-hydrogen) atoms. The van der Waals surface area contributed by atoms with Crippen molar-refractivity contribution in [2.45, 2.75) is 6.54 Å². The van der Waals surface area contributed by atoms with Gasteiger partial charge in [0, 0.05) is 37.4 Å². The third-order valence-corrected chi connectivity index (χ3v) is 3.97. The monoisotopic (exact) mass is 371 g/mol. The maximum Gasteiger partial charge on any atom is 0.253 e. The Labute approximate surface area is 161 Å². The van der Waals surface area contributed by atoms with Crippen molar-refractivity contribution in [2.75, 3.05) is 0 Å². The van der Waals surface area contributed by atoms with E-state index in [1.165, 1.54) is 6.20 Å². The lowest BCUT2D eigenvalue weighted by atomic mass is 10.2. The Morgan fingerprint density at radius 3 is 2.64 bits per heavy atom. The third kappa shape index (κ3) is 4.21. The Bertz CT molecular complexity index is 1050. The van der Waals surface area contributed by atoms with Crippen molar-refractivity contribution >= 4 is 5.91 Å². The number of hydrogen-bond donors (Lipinski definition) is 1. The summed E-state index contributed by atoms with van der Waals surface area (Å²) in [5.74, 6) is 1.61. The minimum atomic E-state index is -0.212. The molecule has 3 aromatic heterocycles. The maximum absolute atomic E-state index is 12.4. The summed E-state index contributed by atoms with van der Waals surface area (Å²) in [7, 11) is 0. The third-order valence-electron chi connectivity index (χ3n) is 3.97. The standard InChI is InChI=1S/C21H17N5O2/c27-21(17-7-8-20(23-15-17)28-18-5-2-1-3-6-18)24-14-16-9-11-22-19(13-16)26-12-4-10-25-26/h1-13,15H,14H2,(H,24,27). The van der Waals surface area contributed by atoms with E-state index in [0.29, 0.717) is 29.6 Å². The average Bonchev–Trinajstić information content (AvgIpc) is 3.29. The van der Waals surface area contributed by atoms with E-state index < -0.39 is 0 Å². The Kier molecular flexibility index (Phi) is 5.06. The number of aromatic nitrogens is 4. The number of carbonyl (C=O) groups is 1. The molecule has 0 fully saturated rings. The Hall–Kier alpha value is -4.00. The van der Waals surface area contributed by atoms with Gasteiger partial charge in [-0.2, -0.15) is 5.10 Å². The van der Waals surface area contributed by atoms with Crippen LogP contribution in [0.3, 0.4) is 0 Å². The van der Waals surface area contributed by atoms with Gasteiger partial charge in [0.2, 0.25) is 5.88 Å². The van der Waals surface area contributed by atoms with E-state index in [9.17, 15) is 4.79 Å². The van der Waals surface area contributed by atoms with Crippen LogP contribution in [0.4, 0.5) is 0 Å². The van der Waals surface area contributed by atoms with Crippen molar-refractivity contribution in [3.8, 4) is 17.4 Å². The topological polar surface area (TPSA) is 81.9 Å². The normalized spacial score (nSPS) is 10.4. The van der Waals surface area contributed by atoms with Crippen LogP contribution in [-0.4, -0.2) is 25.7 Å². The van der Waals surface area contributed by atoms with Gasteiger partial charge in [-0.1, -0.05) is 18.2 Å². The van der Waals surface area contributed by atoms with Crippen LogP contribution in [0.5, 0.6) is 11.6 Å². The number of para-hydroxylation sites is 1. The minimum Gasteiger partial charge on any atom is -0.439 e. The molecule has 0 aliphatic heterocycles. The number of amides is 1. The van der Waals surface area contributed by atoms with Crippen molar-refractivity contribution in [3.63, 3.8) is 0 Å². The highest BCUT2D eigenvalue weighted by Crippen LogP contribution is 2.18. The van der Waals surface area contributed by atoms with E-state index in [1.807, 2.05) is 54.7 Å². The van der Waals surface area contributed by atoms with E-state index in [2.05, 4.69) is 20.4 Å². The van der Waals surface area contributed by atoms with Gasteiger partial charge in [0.1, 0.15) is 5.75 Å². The molecule has 4 rings (SSSR count). The van der Waals surface area contributed by atoms with Crippen LogP contribution in [0.15, 0.2) is 85.5 Å². The summed E-state index contributed by atoms with van der Waals surface area (Å²) in [5, 5.41) is 7.04. The van der Waals surface area contributed by atoms with E-state index in [0.717, 1.165) is 5.56 Å². The number of rotatable bonds is 6. The molecule has 0 aliphatic rings. The predicted octanol–water partition coefficient (Wildman–Crippen LogP) is 3.38. The zero-order valence-electron chi connectivity index (χ0n) is 14.9. The zero-order valence-corrected chi connectivity index (χ0v) is 14.9. The van der Waals surface area contributed by atoms with E-state index in [1.54, 1.807) is 29.2 Å². The lowest BCUT2D eigenvalue weighted by molar-refractivity contribution is 0.0950. The van der Waals surface area contributed by atoms with Crippen LogP contribution < -0.4 is 10.1 Å². The lowest BCUT2D eigenvalue weighted by Gasteiger charge is -2.08. The van der Waals surface area contributed by atoms with Gasteiger partial charge in [-0.25, -0.2) is 14.6 Å². The summed E-state index contributed by atoms with van der Waals surface area (Å²) in [5.41, 5.74) is 1.38. The van der Waals surface area contributed by atoms with Gasteiger partial charge < -0.3 is 10.1 Å². The van der Waals surface area contributed by atoms with Crippen LogP contribution in [0.2, 0.25) is 0 Å². The molecule has 138 valence electrons. The molecule has 1 amide bonds. The van der Waals surface area contributed by atoms with Crippen LogP contribution in [-0.2, 0) is 6.54 Å². The highest BCUT2D eigenvalue weighted by Gasteiger charge is 2.08. The fraction of sp³-hybridized carbons (Fsp3) is 0.0476. The molecule has 0 radical (unpaired) electrons. The molecule has 7 heteroatoms. The molecule has 0 atom stereocenters. The second-order valence-corrected chi connectivity index (χ2v) is 5.96. The molecule has 0 unspecified atom stereocenters. The number of carbonyl (C=O) groups excluding carboxylic acids is 1. The van der Waals surface area contributed by atoms with Crippen molar-refractivity contribution < 1.29 is 9.53 Å². The Morgan fingerprint density at radius 2 is 1.89 bits per heavy atom. The van der Waals surface area contributed by atoms with Gasteiger partial charge >= 0.3 is 0 Å². The summed E-state index contributed by atoms with van der Waals surface area (Å²) in [6, 6.07) is 18.3. The molecule has 7 nitrogen and oxygen atoms in total. The van der Waals surface area contributed by atoms with Gasteiger partial charge in [0.25, 0.3) is 5.91 Å². The van der Waals surface area contributed by atoms with Crippen molar-refractivity contribution in [1.82, 2.24) is 25.1 Å². The molecule has 0 saturated heterocycles. The van der Waals surface area contributed by atoms with Crippen LogP contribution in [0.25, 0.3) is 5.82 Å². The molecule has 1 aromatic carbocycles. The lowest BCUT2D eigenvalue weighted by Crippen LogP contribution is -2.23. The zero-order chi connectivity index (χ0) is 19.2. The quantitative estimate of drug-likeness (QED) is 0.562. The molecule has 4 aromatic rings. The fourth-order valence-electron chi connectivity index (χ4n) is 2.57. The van der Waals surface area contributed by atoms with Gasteiger partial charge in [0.15, 0.2) is 5.82 Å². The molecule has 1 N–H and O–H groups in total. The van der Waals surface area contributed by atoms with Gasteiger partial charge in [-0.05, 0) is 42.0 Å². The first-order valence-electron chi connectivity index (χ1n) is 8.70. The number of pyridine rings is 2. The largest absolute Gasteiger partial charge is 0.439 e. The Morgan fingerprint density at radius 1 is 1.00 bits per heavy atom. The predicted molar refractivity (Wildman–Crippen MR) is 103 cm³/mol. The number of nitrogens with zero attached hydrogens (tertiary/aromatic N) is 4. The summed E-state index contributed by atoms with van der Waals surface area (Å²) in [4.78, 5) is 20.8. The highest BCUT2D eigenvalue weighted by molar-refractivity contribution is 5.93. The molecule has 0 saturated carbocycles. The first-order valence-corrected chi connectivity index (χ1v) is 8.70. The SMILES string of the molecule is O=C(NCc1ccnc(-n2cccn2)c1)c1ccc(Oc2ccccc2)nc1. The number of nitrogens with one attached hydrogen (secondary N) is 1. The van der Waals surface area contributed by atoms with E-state index >= 15 is 0 Å². The summed E-state index contributed by atoms with van der Waals surface area (Å²) < 4.78 is 7.30. The van der Waals surface area contributed by atoms with E-state index in [-0.39, 0.29) is 5.91 Å². The second-order valence-electron chi connectivity index (χ2n) is 5.96. The molecule has 0 spiro atoms. The van der Waals surface area contributed by atoms with Crippen LogP contribution in [0.1, 0.15) is 15.9 Å². The average molecular weight is 371 g/mol. The highest BCUT2D eigenvalue weighted by atomic mass is 16.5. The van der Waals surface area contributed by atoms with Crippen LogP contribution >= 0.6 is 0 Å². The van der Waals surface area contributed by atoms with Crippen molar-refractivity contribution in [3.05, 3.63) is 96.6 Å². The van der Waals surface area contributed by atoms with Gasteiger partial charge in [0.05, 0.1) is 5.56 Å². The van der Waals surface area contributed by atoms with Gasteiger partial charge in [-0.3, -0.25) is 4.79 Å². The fourth-order valence-corrected chi connectivity index (χ4v) is 2.57. The van der Waals surface area contributed by atoms with Crippen LogP contribution in [0, 0.1) is 0 Å². The smallest absolute Gasteiger partial charge is 0.253 e. The molecular formula is C21H17N5O2. The summed E-state index contributed by atoms with van der Waals surface area (Å²) in [6.07, 6.45) is 6.69. The maximum atomic E-state index is 12.4. The summed E-state index contributed by atoms with van der Waals surface area (Å²) in [6.45, 7) is 0.373.